The van der Waals surface area contributed by atoms with Crippen LogP contribution in [-0.2, 0) is 0 Å². The smallest absolute Gasteiger partial charge is 0.309 e. The Bertz CT molecular complexity index is 336. The van der Waals surface area contributed by atoms with Crippen LogP contribution in [0.2, 0.25) is 0 Å². The van der Waals surface area contributed by atoms with E-state index in [1.807, 2.05) is 13.8 Å². The van der Waals surface area contributed by atoms with Crippen molar-refractivity contribution in [2.75, 3.05) is 6.54 Å². The Morgan fingerprint density at radius 2 is 2.18 bits per heavy atom. The summed E-state index contributed by atoms with van der Waals surface area (Å²) in [5.41, 5.74) is 2.50. The third kappa shape index (κ3) is 5.04. The van der Waals surface area contributed by atoms with Gasteiger partial charge in [0.05, 0.1) is 11.2 Å². The van der Waals surface area contributed by atoms with Crippen LogP contribution in [0.4, 0.5) is 13.2 Å². The number of thiazole rings is 1. The molecule has 1 heterocycles. The third-order valence-corrected chi connectivity index (χ3v) is 3.50. The van der Waals surface area contributed by atoms with Gasteiger partial charge in [-0.15, -0.1) is 11.3 Å². The van der Waals surface area contributed by atoms with E-state index in [2.05, 4.69) is 10.3 Å². The molecule has 0 aliphatic heterocycles. The van der Waals surface area contributed by atoms with E-state index < -0.39 is 12.6 Å². The predicted octanol–water partition coefficient (Wildman–Crippen LogP) is 3.83. The first-order valence-corrected chi connectivity index (χ1v) is 6.52. The first-order chi connectivity index (χ1) is 7.94. The summed E-state index contributed by atoms with van der Waals surface area (Å²) in [5.74, 6) is 0. The van der Waals surface area contributed by atoms with Gasteiger partial charge in [0, 0.05) is 17.3 Å². The average molecular weight is 266 g/mol. The van der Waals surface area contributed by atoms with Crippen molar-refractivity contribution in [3.05, 3.63) is 16.1 Å². The van der Waals surface area contributed by atoms with Crippen molar-refractivity contribution >= 4 is 11.3 Å². The molecule has 1 unspecified atom stereocenters. The molecular formula is C11H17F3N2S. The lowest BCUT2D eigenvalue weighted by Crippen LogP contribution is -2.24. The van der Waals surface area contributed by atoms with Crippen LogP contribution >= 0.6 is 11.3 Å². The van der Waals surface area contributed by atoms with Gasteiger partial charge in [0.1, 0.15) is 0 Å². The lowest BCUT2D eigenvalue weighted by atomic mass is 10.1. The van der Waals surface area contributed by atoms with Gasteiger partial charge in [-0.2, -0.15) is 13.2 Å². The molecule has 17 heavy (non-hydrogen) atoms. The molecule has 1 atom stereocenters. The van der Waals surface area contributed by atoms with Crippen molar-refractivity contribution in [1.29, 1.82) is 0 Å². The topological polar surface area (TPSA) is 24.9 Å². The fourth-order valence-electron chi connectivity index (χ4n) is 1.60. The number of rotatable bonds is 6. The van der Waals surface area contributed by atoms with Gasteiger partial charge in [-0.1, -0.05) is 6.92 Å². The summed E-state index contributed by atoms with van der Waals surface area (Å²) in [6.07, 6.45) is -3.87. The highest BCUT2D eigenvalue weighted by atomic mass is 32.1. The Morgan fingerprint density at radius 3 is 2.65 bits per heavy atom. The third-order valence-electron chi connectivity index (χ3n) is 2.46. The fourth-order valence-corrected chi connectivity index (χ4v) is 2.51. The van der Waals surface area contributed by atoms with Crippen LogP contribution in [0.15, 0.2) is 5.51 Å². The van der Waals surface area contributed by atoms with Gasteiger partial charge in [0.2, 0.25) is 0 Å². The van der Waals surface area contributed by atoms with E-state index in [4.69, 9.17) is 0 Å². The summed E-state index contributed by atoms with van der Waals surface area (Å²) < 4.78 is 36.7. The first kappa shape index (κ1) is 14.4. The van der Waals surface area contributed by atoms with E-state index in [-0.39, 0.29) is 12.5 Å². The SMILES string of the molecule is CCCNC(CCC(F)(F)F)c1scnc1C. The number of aryl methyl sites for hydroxylation is 1. The molecule has 1 N–H and O–H groups in total. The zero-order valence-electron chi connectivity index (χ0n) is 9.97. The average Bonchev–Trinajstić information content (AvgIpc) is 2.63. The normalized spacial score (nSPS) is 13.9. The molecule has 0 bridgehead atoms. The van der Waals surface area contributed by atoms with Gasteiger partial charge in [-0.3, -0.25) is 0 Å². The van der Waals surface area contributed by atoms with Gasteiger partial charge in [0.25, 0.3) is 0 Å². The molecule has 0 saturated heterocycles. The summed E-state index contributed by atoms with van der Waals surface area (Å²) in [7, 11) is 0. The molecule has 2 nitrogen and oxygen atoms in total. The minimum atomic E-state index is -4.09. The molecule has 0 saturated carbocycles. The van der Waals surface area contributed by atoms with E-state index in [1.54, 1.807) is 5.51 Å². The molecule has 0 radical (unpaired) electrons. The molecule has 0 aliphatic carbocycles. The molecule has 1 aromatic rings. The van der Waals surface area contributed by atoms with E-state index >= 15 is 0 Å². The van der Waals surface area contributed by atoms with Crippen molar-refractivity contribution in [2.24, 2.45) is 0 Å². The zero-order valence-corrected chi connectivity index (χ0v) is 10.8. The van der Waals surface area contributed by atoms with Crippen LogP contribution in [0.1, 0.15) is 42.8 Å². The quantitative estimate of drug-likeness (QED) is 0.846. The number of nitrogens with zero attached hydrogens (tertiary/aromatic N) is 1. The zero-order chi connectivity index (χ0) is 12.9. The summed E-state index contributed by atoms with van der Waals surface area (Å²) in [5, 5.41) is 3.16. The van der Waals surface area contributed by atoms with Crippen LogP contribution in [0.3, 0.4) is 0 Å². The molecular weight excluding hydrogens is 249 g/mol. The predicted molar refractivity (Wildman–Crippen MR) is 63.2 cm³/mol. The molecule has 1 aromatic heterocycles. The Labute approximate surface area is 103 Å². The Hall–Kier alpha value is -0.620. The van der Waals surface area contributed by atoms with Crippen LogP contribution < -0.4 is 5.32 Å². The first-order valence-electron chi connectivity index (χ1n) is 5.64. The molecule has 0 aromatic carbocycles. The van der Waals surface area contributed by atoms with Gasteiger partial charge < -0.3 is 5.32 Å². The summed E-state index contributed by atoms with van der Waals surface area (Å²) >= 11 is 1.42. The van der Waals surface area contributed by atoms with E-state index in [0.717, 1.165) is 23.5 Å². The Balaban J connectivity index is 2.64. The van der Waals surface area contributed by atoms with E-state index in [0.29, 0.717) is 0 Å². The Kier molecular flexibility index (Phi) is 5.39. The molecule has 0 fully saturated rings. The summed E-state index contributed by atoms with van der Waals surface area (Å²) in [6, 6.07) is -0.232. The lowest BCUT2D eigenvalue weighted by Gasteiger charge is -2.18. The molecule has 1 rings (SSSR count). The highest BCUT2D eigenvalue weighted by molar-refractivity contribution is 7.09. The standard InChI is InChI=1S/C11H17F3N2S/c1-3-6-15-9(4-5-11(12,13)14)10-8(2)16-7-17-10/h7,9,15H,3-6H2,1-2H3. The minimum Gasteiger partial charge on any atom is -0.309 e. The van der Waals surface area contributed by atoms with Gasteiger partial charge in [-0.05, 0) is 26.3 Å². The fraction of sp³-hybridized carbons (Fsp3) is 0.727. The van der Waals surface area contributed by atoms with Crippen LogP contribution in [0, 0.1) is 6.92 Å². The summed E-state index contributed by atoms with van der Waals surface area (Å²) in [6.45, 7) is 4.55. The van der Waals surface area contributed by atoms with Crippen LogP contribution in [-0.4, -0.2) is 17.7 Å². The molecule has 0 spiro atoms. The van der Waals surface area contributed by atoms with Crippen LogP contribution in [0.5, 0.6) is 0 Å². The monoisotopic (exact) mass is 266 g/mol. The summed E-state index contributed by atoms with van der Waals surface area (Å²) in [4.78, 5) is 5.01. The van der Waals surface area contributed by atoms with Gasteiger partial charge >= 0.3 is 6.18 Å². The second-order valence-corrected chi connectivity index (χ2v) is 4.85. The number of nitrogens with one attached hydrogen (secondary N) is 1. The van der Waals surface area contributed by atoms with Crippen molar-refractivity contribution in [3.8, 4) is 0 Å². The number of hydrogen-bond donors (Lipinski definition) is 1. The number of halogens is 3. The highest BCUT2D eigenvalue weighted by Crippen LogP contribution is 2.30. The maximum atomic E-state index is 12.2. The van der Waals surface area contributed by atoms with Crippen molar-refractivity contribution in [2.45, 2.75) is 45.3 Å². The molecule has 6 heteroatoms. The van der Waals surface area contributed by atoms with E-state index in [9.17, 15) is 13.2 Å². The maximum Gasteiger partial charge on any atom is 0.389 e. The lowest BCUT2D eigenvalue weighted by molar-refractivity contribution is -0.136. The molecule has 0 amide bonds. The number of hydrogen-bond acceptors (Lipinski definition) is 3. The van der Waals surface area contributed by atoms with Gasteiger partial charge in [0.15, 0.2) is 0 Å². The largest absolute Gasteiger partial charge is 0.389 e. The Morgan fingerprint density at radius 1 is 1.47 bits per heavy atom. The van der Waals surface area contributed by atoms with Crippen LogP contribution in [0.25, 0.3) is 0 Å². The maximum absolute atomic E-state index is 12.2. The van der Waals surface area contributed by atoms with E-state index in [1.165, 1.54) is 11.3 Å². The van der Waals surface area contributed by atoms with Crippen molar-refractivity contribution in [1.82, 2.24) is 10.3 Å². The second-order valence-electron chi connectivity index (χ2n) is 3.96. The highest BCUT2D eigenvalue weighted by Gasteiger charge is 2.29. The number of alkyl halides is 3. The minimum absolute atomic E-state index is 0.0759. The number of aromatic nitrogens is 1. The van der Waals surface area contributed by atoms with Gasteiger partial charge in [-0.25, -0.2) is 4.98 Å². The molecule has 0 aliphatic rings. The molecule has 98 valence electrons. The second kappa shape index (κ2) is 6.35. The van der Waals surface area contributed by atoms with Crippen molar-refractivity contribution in [3.63, 3.8) is 0 Å². The van der Waals surface area contributed by atoms with Crippen molar-refractivity contribution < 1.29 is 13.2 Å².